The topological polar surface area (TPSA) is 29.6 Å². The first-order valence-electron chi connectivity index (χ1n) is 8.25. The van der Waals surface area contributed by atoms with Crippen LogP contribution in [0.25, 0.3) is 0 Å². The van der Waals surface area contributed by atoms with E-state index in [-0.39, 0.29) is 23.5 Å². The lowest BCUT2D eigenvalue weighted by molar-refractivity contribution is -0.117. The predicted molar refractivity (Wildman–Crippen MR) is 96.7 cm³/mol. The maximum absolute atomic E-state index is 11.7. The molecule has 0 saturated carbocycles. The Kier molecular flexibility index (Phi) is 4.51. The van der Waals surface area contributed by atoms with Crippen molar-refractivity contribution in [2.45, 2.75) is 44.2 Å². The smallest absolute Gasteiger partial charge is 0.130 e. The molecule has 23 heavy (non-hydrogen) atoms. The van der Waals surface area contributed by atoms with Crippen molar-refractivity contribution in [3.63, 3.8) is 0 Å². The number of ether oxygens (including phenoxy) is 1. The molecular formula is C20H24O2Si. The van der Waals surface area contributed by atoms with Gasteiger partial charge in [-0.3, -0.25) is 0 Å². The summed E-state index contributed by atoms with van der Waals surface area (Å²) in [7, 11) is -1.69. The summed E-state index contributed by atoms with van der Waals surface area (Å²) in [5.41, 5.74) is 1.50. The first kappa shape index (κ1) is 16.2. The molecule has 2 aromatic carbocycles. The molecule has 0 bridgehead atoms. The number of hydrogen-bond donors (Lipinski definition) is 0. The summed E-state index contributed by atoms with van der Waals surface area (Å²) in [6.07, 6.45) is 0.730. The SMILES string of the molecule is CC(=O)C[C@@H](c1ccccc1)[C@H]1O[C@H]1[Si](C)(C)c1ccccc1. The van der Waals surface area contributed by atoms with Gasteiger partial charge >= 0.3 is 0 Å². The van der Waals surface area contributed by atoms with Crippen LogP contribution in [-0.4, -0.2) is 25.7 Å². The summed E-state index contributed by atoms with van der Waals surface area (Å²) < 4.78 is 6.16. The second-order valence-electron chi connectivity index (χ2n) is 7.03. The number of epoxide rings is 1. The molecule has 2 nitrogen and oxygen atoms in total. The van der Waals surface area contributed by atoms with Gasteiger partial charge < -0.3 is 9.53 Å². The molecule has 1 aliphatic rings. The molecule has 1 fully saturated rings. The van der Waals surface area contributed by atoms with Gasteiger partial charge in [0.05, 0.1) is 11.8 Å². The molecule has 0 aromatic heterocycles. The van der Waals surface area contributed by atoms with E-state index >= 15 is 0 Å². The molecule has 1 saturated heterocycles. The van der Waals surface area contributed by atoms with Gasteiger partial charge in [-0.1, -0.05) is 78.9 Å². The van der Waals surface area contributed by atoms with Crippen LogP contribution in [0.15, 0.2) is 60.7 Å². The predicted octanol–water partition coefficient (Wildman–Crippen LogP) is 3.67. The lowest BCUT2D eigenvalue weighted by Crippen LogP contribution is -2.48. The maximum atomic E-state index is 11.7. The Balaban J connectivity index is 1.82. The van der Waals surface area contributed by atoms with E-state index in [0.29, 0.717) is 6.42 Å². The molecule has 0 spiro atoms. The molecule has 0 radical (unpaired) electrons. The lowest BCUT2D eigenvalue weighted by atomic mass is 9.91. The molecule has 0 N–H and O–H groups in total. The minimum atomic E-state index is -1.69. The minimum absolute atomic E-state index is 0.170. The van der Waals surface area contributed by atoms with E-state index in [0.717, 1.165) is 0 Å². The third-order valence-electron chi connectivity index (χ3n) is 4.89. The van der Waals surface area contributed by atoms with E-state index in [4.69, 9.17) is 4.74 Å². The molecule has 120 valence electrons. The fourth-order valence-electron chi connectivity index (χ4n) is 3.48. The molecule has 1 heterocycles. The largest absolute Gasteiger partial charge is 0.372 e. The van der Waals surface area contributed by atoms with Crippen LogP contribution in [0.4, 0.5) is 0 Å². The zero-order valence-electron chi connectivity index (χ0n) is 14.0. The number of benzene rings is 2. The first-order chi connectivity index (χ1) is 11.0. The highest BCUT2D eigenvalue weighted by Crippen LogP contribution is 2.42. The van der Waals surface area contributed by atoms with E-state index in [1.54, 1.807) is 6.92 Å². The number of carbonyl (C=O) groups is 1. The molecule has 3 atom stereocenters. The average Bonchev–Trinajstić information content (AvgIpc) is 3.35. The zero-order valence-corrected chi connectivity index (χ0v) is 15.0. The Hall–Kier alpha value is -1.71. The normalized spacial score (nSPS) is 21.7. The van der Waals surface area contributed by atoms with Gasteiger partial charge in [0, 0.05) is 12.3 Å². The molecule has 0 amide bonds. The van der Waals surface area contributed by atoms with Crippen molar-refractivity contribution >= 4 is 19.0 Å². The Labute approximate surface area is 139 Å². The lowest BCUT2D eigenvalue weighted by Gasteiger charge is -2.22. The van der Waals surface area contributed by atoms with Crippen molar-refractivity contribution in [2.75, 3.05) is 0 Å². The van der Waals surface area contributed by atoms with E-state index in [9.17, 15) is 4.79 Å². The molecule has 0 unspecified atom stereocenters. The monoisotopic (exact) mass is 324 g/mol. The Morgan fingerprint density at radius 2 is 1.61 bits per heavy atom. The Bertz CT molecular complexity index is 667. The summed E-state index contributed by atoms with van der Waals surface area (Å²) in [6.45, 7) is 6.40. The van der Waals surface area contributed by atoms with Crippen molar-refractivity contribution in [1.29, 1.82) is 0 Å². The van der Waals surface area contributed by atoms with Gasteiger partial charge in [0.1, 0.15) is 13.9 Å². The standard InChI is InChI=1S/C20H24O2Si/c1-15(21)14-18(16-10-6-4-7-11-16)19-20(22-19)23(2,3)17-12-8-5-9-13-17/h4-13,18-20H,14H2,1-3H3/t18-,19+,20-/m0/s1. The van der Waals surface area contributed by atoms with Crippen LogP contribution in [0, 0.1) is 0 Å². The van der Waals surface area contributed by atoms with E-state index in [1.165, 1.54) is 10.8 Å². The van der Waals surface area contributed by atoms with Gasteiger partial charge in [-0.05, 0) is 12.5 Å². The number of rotatable bonds is 6. The highest BCUT2D eigenvalue weighted by molar-refractivity contribution is 6.91. The van der Waals surface area contributed by atoms with Gasteiger partial charge in [0.15, 0.2) is 0 Å². The molecule has 2 aromatic rings. The highest BCUT2D eigenvalue weighted by atomic mass is 28.3. The number of hydrogen-bond acceptors (Lipinski definition) is 2. The number of carbonyl (C=O) groups excluding carboxylic acids is 1. The average molecular weight is 324 g/mol. The summed E-state index contributed by atoms with van der Waals surface area (Å²) in [4.78, 5) is 11.7. The van der Waals surface area contributed by atoms with Crippen LogP contribution in [0.2, 0.25) is 13.1 Å². The summed E-state index contributed by atoms with van der Waals surface area (Å²) in [6, 6.07) is 21.0. The highest BCUT2D eigenvalue weighted by Gasteiger charge is 2.55. The molecule has 3 heteroatoms. The maximum Gasteiger partial charge on any atom is 0.130 e. The van der Waals surface area contributed by atoms with Gasteiger partial charge in [-0.25, -0.2) is 0 Å². The van der Waals surface area contributed by atoms with Gasteiger partial charge in [-0.15, -0.1) is 0 Å². The van der Waals surface area contributed by atoms with Gasteiger partial charge in [-0.2, -0.15) is 0 Å². The Morgan fingerprint density at radius 3 is 2.17 bits per heavy atom. The van der Waals surface area contributed by atoms with Crippen LogP contribution in [0.5, 0.6) is 0 Å². The Morgan fingerprint density at radius 1 is 1.04 bits per heavy atom. The molecule has 0 aliphatic carbocycles. The number of ketones is 1. The van der Waals surface area contributed by atoms with Crippen molar-refractivity contribution in [3.05, 3.63) is 66.2 Å². The second-order valence-corrected chi connectivity index (χ2v) is 11.6. The molecule has 3 rings (SSSR count). The van der Waals surface area contributed by atoms with Crippen molar-refractivity contribution in [2.24, 2.45) is 0 Å². The van der Waals surface area contributed by atoms with Crippen LogP contribution in [0.3, 0.4) is 0 Å². The van der Waals surface area contributed by atoms with E-state index in [2.05, 4.69) is 55.6 Å². The molecular weight excluding hydrogens is 300 g/mol. The van der Waals surface area contributed by atoms with Crippen LogP contribution >= 0.6 is 0 Å². The summed E-state index contributed by atoms with van der Waals surface area (Å²) in [5, 5.41) is 1.42. The third-order valence-corrected chi connectivity index (χ3v) is 8.59. The fraction of sp³-hybridized carbons (Fsp3) is 0.350. The van der Waals surface area contributed by atoms with Crippen LogP contribution < -0.4 is 5.19 Å². The van der Waals surface area contributed by atoms with Gasteiger partial charge in [0.2, 0.25) is 0 Å². The summed E-state index contributed by atoms with van der Waals surface area (Å²) in [5.74, 6) is 0.404. The second kappa shape index (κ2) is 6.42. The minimum Gasteiger partial charge on any atom is -0.372 e. The first-order valence-corrected chi connectivity index (χ1v) is 11.3. The van der Waals surface area contributed by atoms with Crippen LogP contribution in [-0.2, 0) is 9.53 Å². The third kappa shape index (κ3) is 3.46. The number of Topliss-reactive ketones (excluding diaryl/α,β-unsaturated/α-hetero) is 1. The fourth-order valence-corrected chi connectivity index (χ4v) is 6.41. The zero-order chi connectivity index (χ0) is 16.4. The quantitative estimate of drug-likeness (QED) is 0.599. The van der Waals surface area contributed by atoms with Crippen molar-refractivity contribution < 1.29 is 9.53 Å². The van der Waals surface area contributed by atoms with Gasteiger partial charge in [0.25, 0.3) is 0 Å². The van der Waals surface area contributed by atoms with E-state index < -0.39 is 8.07 Å². The van der Waals surface area contributed by atoms with Crippen molar-refractivity contribution in [3.8, 4) is 0 Å². The summed E-state index contributed by atoms with van der Waals surface area (Å²) >= 11 is 0. The van der Waals surface area contributed by atoms with E-state index in [1.807, 2.05) is 18.2 Å². The van der Waals surface area contributed by atoms with Crippen LogP contribution in [0.1, 0.15) is 24.8 Å². The van der Waals surface area contributed by atoms with Crippen molar-refractivity contribution in [1.82, 2.24) is 0 Å². The molecule has 1 aliphatic heterocycles.